The van der Waals surface area contributed by atoms with Crippen LogP contribution in [-0.4, -0.2) is 16.3 Å². The number of hydrogen-bond acceptors (Lipinski definition) is 3. The molecule has 0 unspecified atom stereocenters. The predicted octanol–water partition coefficient (Wildman–Crippen LogP) is 1.65. The molecule has 0 saturated carbocycles. The molecule has 2 heterocycles. The highest BCUT2D eigenvalue weighted by atomic mass is 32.1. The van der Waals surface area contributed by atoms with Crippen LogP contribution in [0.15, 0.2) is 22.9 Å². The Morgan fingerprint density at radius 1 is 1.57 bits per heavy atom. The molecular weight excluding hydrogens is 194 g/mol. The summed E-state index contributed by atoms with van der Waals surface area (Å²) in [5.74, 6) is 0. The summed E-state index contributed by atoms with van der Waals surface area (Å²) in [4.78, 5) is 0. The lowest BCUT2D eigenvalue weighted by Crippen LogP contribution is -2.06. The average Bonchev–Trinajstić information content (AvgIpc) is 2.76. The lowest BCUT2D eigenvalue weighted by Gasteiger charge is -1.96. The average molecular weight is 207 g/mol. The van der Waals surface area contributed by atoms with Crippen LogP contribution < -0.4 is 5.73 Å². The molecule has 0 bridgehead atoms. The monoisotopic (exact) mass is 207 g/mol. The first kappa shape index (κ1) is 9.43. The van der Waals surface area contributed by atoms with Crippen molar-refractivity contribution in [3.63, 3.8) is 0 Å². The van der Waals surface area contributed by atoms with Crippen molar-refractivity contribution >= 4 is 11.3 Å². The molecule has 2 N–H and O–H groups in total. The zero-order chi connectivity index (χ0) is 9.97. The Balaban J connectivity index is 2.33. The lowest BCUT2D eigenvalue weighted by molar-refractivity contribution is 0.708. The minimum absolute atomic E-state index is 0.669. The molecule has 0 aliphatic heterocycles. The van der Waals surface area contributed by atoms with E-state index in [1.807, 2.05) is 11.7 Å². The van der Waals surface area contributed by atoms with E-state index in [-0.39, 0.29) is 0 Å². The second kappa shape index (κ2) is 3.94. The van der Waals surface area contributed by atoms with Gasteiger partial charge in [-0.25, -0.2) is 0 Å². The highest BCUT2D eigenvalue weighted by molar-refractivity contribution is 7.08. The number of thiophene rings is 1. The fourth-order valence-electron chi connectivity index (χ4n) is 1.44. The molecule has 2 aromatic rings. The minimum atomic E-state index is 0.669. The third kappa shape index (κ3) is 1.71. The molecule has 74 valence electrons. The summed E-state index contributed by atoms with van der Waals surface area (Å²) in [5.41, 5.74) is 8.93. The van der Waals surface area contributed by atoms with E-state index >= 15 is 0 Å². The van der Waals surface area contributed by atoms with E-state index in [0.717, 1.165) is 12.1 Å². The van der Waals surface area contributed by atoms with E-state index in [2.05, 4.69) is 28.0 Å². The zero-order valence-electron chi connectivity index (χ0n) is 8.10. The van der Waals surface area contributed by atoms with Gasteiger partial charge in [0.15, 0.2) is 0 Å². The van der Waals surface area contributed by atoms with Gasteiger partial charge in [0.05, 0.1) is 5.69 Å². The molecule has 0 aliphatic carbocycles. The van der Waals surface area contributed by atoms with Crippen molar-refractivity contribution in [1.82, 2.24) is 9.78 Å². The van der Waals surface area contributed by atoms with Gasteiger partial charge in [0.1, 0.15) is 0 Å². The van der Waals surface area contributed by atoms with Crippen LogP contribution in [0.4, 0.5) is 0 Å². The third-order valence-electron chi connectivity index (χ3n) is 2.19. The van der Waals surface area contributed by atoms with Gasteiger partial charge in [-0.3, -0.25) is 4.68 Å². The standard InChI is InChI=1S/C10H13N3S/c1-13-9(2-4-11)6-10(12-13)8-3-5-14-7-8/h3,5-7H,2,4,11H2,1H3. The van der Waals surface area contributed by atoms with Crippen LogP contribution >= 0.6 is 11.3 Å². The summed E-state index contributed by atoms with van der Waals surface area (Å²) < 4.78 is 1.90. The molecule has 0 amide bonds. The largest absolute Gasteiger partial charge is 0.330 e. The highest BCUT2D eigenvalue weighted by Crippen LogP contribution is 2.21. The van der Waals surface area contributed by atoms with Crippen molar-refractivity contribution in [2.75, 3.05) is 6.54 Å². The van der Waals surface area contributed by atoms with Crippen molar-refractivity contribution < 1.29 is 0 Å². The van der Waals surface area contributed by atoms with Crippen LogP contribution in [0, 0.1) is 0 Å². The van der Waals surface area contributed by atoms with Crippen molar-refractivity contribution in [2.24, 2.45) is 12.8 Å². The predicted molar refractivity (Wildman–Crippen MR) is 59.3 cm³/mol. The maximum atomic E-state index is 5.52. The van der Waals surface area contributed by atoms with Crippen LogP contribution in [0.3, 0.4) is 0 Å². The van der Waals surface area contributed by atoms with Crippen LogP contribution in [0.5, 0.6) is 0 Å². The number of nitrogens with zero attached hydrogens (tertiary/aromatic N) is 2. The second-order valence-corrected chi connectivity index (χ2v) is 3.98. The molecule has 0 aromatic carbocycles. The molecule has 0 atom stereocenters. The fraction of sp³-hybridized carbons (Fsp3) is 0.300. The Morgan fingerprint density at radius 2 is 2.43 bits per heavy atom. The number of nitrogens with two attached hydrogens (primary N) is 1. The van der Waals surface area contributed by atoms with E-state index < -0.39 is 0 Å². The number of aryl methyl sites for hydroxylation is 1. The van der Waals surface area contributed by atoms with Gasteiger partial charge < -0.3 is 5.73 Å². The smallest absolute Gasteiger partial charge is 0.0934 e. The maximum absolute atomic E-state index is 5.52. The topological polar surface area (TPSA) is 43.8 Å². The Bertz CT molecular complexity index is 403. The quantitative estimate of drug-likeness (QED) is 0.831. The highest BCUT2D eigenvalue weighted by Gasteiger charge is 2.06. The summed E-state index contributed by atoms with van der Waals surface area (Å²) in [5, 5.41) is 8.61. The molecule has 2 rings (SSSR count). The number of aromatic nitrogens is 2. The van der Waals surface area contributed by atoms with E-state index in [0.29, 0.717) is 6.54 Å². The Kier molecular flexibility index (Phi) is 2.65. The van der Waals surface area contributed by atoms with Gasteiger partial charge >= 0.3 is 0 Å². The second-order valence-electron chi connectivity index (χ2n) is 3.20. The molecule has 0 saturated heterocycles. The minimum Gasteiger partial charge on any atom is -0.330 e. The van der Waals surface area contributed by atoms with Crippen molar-refractivity contribution in [3.05, 3.63) is 28.6 Å². The van der Waals surface area contributed by atoms with Gasteiger partial charge in [0.2, 0.25) is 0 Å². The Labute approximate surface area is 87.2 Å². The molecule has 2 aromatic heterocycles. The van der Waals surface area contributed by atoms with Gasteiger partial charge in [-0.1, -0.05) is 0 Å². The molecule has 0 radical (unpaired) electrons. The molecule has 0 aliphatic rings. The van der Waals surface area contributed by atoms with Crippen LogP contribution in [0.1, 0.15) is 5.69 Å². The molecule has 4 heteroatoms. The van der Waals surface area contributed by atoms with Crippen molar-refractivity contribution in [1.29, 1.82) is 0 Å². The first-order valence-corrected chi connectivity index (χ1v) is 5.51. The van der Waals surface area contributed by atoms with E-state index in [9.17, 15) is 0 Å². The first-order valence-electron chi connectivity index (χ1n) is 4.57. The Morgan fingerprint density at radius 3 is 3.07 bits per heavy atom. The summed E-state index contributed by atoms with van der Waals surface area (Å²) in [6.45, 7) is 0.669. The molecule has 3 nitrogen and oxygen atoms in total. The zero-order valence-corrected chi connectivity index (χ0v) is 8.92. The van der Waals surface area contributed by atoms with Gasteiger partial charge in [0.25, 0.3) is 0 Å². The summed E-state index contributed by atoms with van der Waals surface area (Å²) in [6.07, 6.45) is 0.883. The van der Waals surface area contributed by atoms with Gasteiger partial charge in [0, 0.05) is 30.1 Å². The molecule has 0 fully saturated rings. The number of hydrogen-bond donors (Lipinski definition) is 1. The number of rotatable bonds is 3. The van der Waals surface area contributed by atoms with E-state index in [1.165, 1.54) is 11.3 Å². The molecule has 0 spiro atoms. The SMILES string of the molecule is Cn1nc(-c2ccsc2)cc1CCN. The van der Waals surface area contributed by atoms with Crippen LogP contribution in [-0.2, 0) is 13.5 Å². The van der Waals surface area contributed by atoms with Crippen molar-refractivity contribution in [3.8, 4) is 11.3 Å². The summed E-state index contributed by atoms with van der Waals surface area (Å²) >= 11 is 1.69. The first-order chi connectivity index (χ1) is 6.81. The van der Waals surface area contributed by atoms with Gasteiger partial charge in [-0.15, -0.1) is 0 Å². The van der Waals surface area contributed by atoms with Gasteiger partial charge in [-0.05, 0) is 24.1 Å². The van der Waals surface area contributed by atoms with Crippen molar-refractivity contribution in [2.45, 2.75) is 6.42 Å². The molecule has 14 heavy (non-hydrogen) atoms. The fourth-order valence-corrected chi connectivity index (χ4v) is 2.09. The lowest BCUT2D eigenvalue weighted by atomic mass is 10.2. The Hall–Kier alpha value is -1.13. The normalized spacial score (nSPS) is 10.7. The molecular formula is C10H13N3S. The van der Waals surface area contributed by atoms with Crippen LogP contribution in [0.25, 0.3) is 11.3 Å². The van der Waals surface area contributed by atoms with Gasteiger partial charge in [-0.2, -0.15) is 16.4 Å². The summed E-state index contributed by atoms with van der Waals surface area (Å²) in [6, 6.07) is 4.19. The summed E-state index contributed by atoms with van der Waals surface area (Å²) in [7, 11) is 1.96. The van der Waals surface area contributed by atoms with E-state index in [1.54, 1.807) is 11.3 Å². The third-order valence-corrected chi connectivity index (χ3v) is 2.88. The van der Waals surface area contributed by atoms with Crippen LogP contribution in [0.2, 0.25) is 0 Å². The maximum Gasteiger partial charge on any atom is 0.0934 e. The van der Waals surface area contributed by atoms with E-state index in [4.69, 9.17) is 5.73 Å².